The van der Waals surface area contributed by atoms with Crippen molar-refractivity contribution >= 4 is 5.97 Å². The van der Waals surface area contributed by atoms with Gasteiger partial charge in [0.05, 0.1) is 0 Å². The Bertz CT molecular complexity index is 342. The molecule has 0 fully saturated rings. The van der Waals surface area contributed by atoms with Crippen molar-refractivity contribution in [3.8, 4) is 0 Å². The molecule has 0 amide bonds. The summed E-state index contributed by atoms with van der Waals surface area (Å²) in [4.78, 5) is 12.3. The van der Waals surface area contributed by atoms with E-state index in [2.05, 4.69) is 27.7 Å². The van der Waals surface area contributed by atoms with Crippen molar-refractivity contribution in [1.82, 2.24) is 0 Å². The second-order valence-corrected chi connectivity index (χ2v) is 6.67. The highest BCUT2D eigenvalue weighted by atomic mass is 16.6. The van der Waals surface area contributed by atoms with Crippen LogP contribution in [0.4, 0.5) is 0 Å². The molecular weight excluding hydrogens is 276 g/mol. The molecule has 22 heavy (non-hydrogen) atoms. The SMILES string of the molecule is CCCC(O)(CCC)C(CCC)(CCC)OC(=O)C=C(C)C. The van der Waals surface area contributed by atoms with Crippen LogP contribution in [0.5, 0.6) is 0 Å². The van der Waals surface area contributed by atoms with E-state index in [1.807, 2.05) is 13.8 Å². The second-order valence-electron chi connectivity index (χ2n) is 6.67. The zero-order chi connectivity index (χ0) is 17.2. The van der Waals surface area contributed by atoms with Gasteiger partial charge >= 0.3 is 5.97 Å². The van der Waals surface area contributed by atoms with Crippen LogP contribution in [0.15, 0.2) is 11.6 Å². The van der Waals surface area contributed by atoms with Gasteiger partial charge in [-0.05, 0) is 39.5 Å². The molecule has 0 unspecified atom stereocenters. The van der Waals surface area contributed by atoms with E-state index >= 15 is 0 Å². The molecule has 0 aliphatic heterocycles. The summed E-state index contributed by atoms with van der Waals surface area (Å²) in [5, 5.41) is 11.4. The van der Waals surface area contributed by atoms with E-state index in [1.54, 1.807) is 0 Å². The van der Waals surface area contributed by atoms with Crippen LogP contribution in [0, 0.1) is 0 Å². The lowest BCUT2D eigenvalue weighted by atomic mass is 9.71. The van der Waals surface area contributed by atoms with Gasteiger partial charge in [0.1, 0.15) is 11.2 Å². The Balaban J connectivity index is 5.70. The number of esters is 1. The molecule has 3 heteroatoms. The van der Waals surface area contributed by atoms with Gasteiger partial charge in [0.2, 0.25) is 0 Å². The van der Waals surface area contributed by atoms with Gasteiger partial charge in [-0.1, -0.05) is 59.0 Å². The Labute approximate surface area is 137 Å². The summed E-state index contributed by atoms with van der Waals surface area (Å²) in [6.45, 7) is 12.1. The molecule has 130 valence electrons. The third kappa shape index (κ3) is 5.75. The average Bonchev–Trinajstić information content (AvgIpc) is 2.38. The highest BCUT2D eigenvalue weighted by Gasteiger charge is 2.50. The maximum atomic E-state index is 12.3. The fourth-order valence-corrected chi connectivity index (χ4v) is 3.46. The Morgan fingerprint density at radius 1 is 0.909 bits per heavy atom. The minimum atomic E-state index is -0.937. The quantitative estimate of drug-likeness (QED) is 0.423. The van der Waals surface area contributed by atoms with Crippen molar-refractivity contribution in [2.24, 2.45) is 0 Å². The molecule has 0 aromatic rings. The monoisotopic (exact) mass is 312 g/mol. The standard InChI is InChI=1S/C19H36O3/c1-7-11-18(21,12-8-2)19(13-9-3,14-10-4)22-17(20)15-16(5)6/h15,21H,7-14H2,1-6H3. The minimum Gasteiger partial charge on any atom is -0.453 e. The molecule has 0 atom stereocenters. The van der Waals surface area contributed by atoms with Gasteiger partial charge in [-0.3, -0.25) is 0 Å². The predicted octanol–water partition coefficient (Wildman–Crippen LogP) is 5.17. The van der Waals surface area contributed by atoms with Crippen LogP contribution in [0.3, 0.4) is 0 Å². The van der Waals surface area contributed by atoms with E-state index in [1.165, 1.54) is 6.08 Å². The summed E-state index contributed by atoms with van der Waals surface area (Å²) in [6.07, 6.45) is 7.82. The van der Waals surface area contributed by atoms with Gasteiger partial charge in [0.15, 0.2) is 0 Å². The van der Waals surface area contributed by atoms with Crippen molar-refractivity contribution < 1.29 is 14.6 Å². The molecule has 0 aliphatic rings. The van der Waals surface area contributed by atoms with Gasteiger partial charge in [0.25, 0.3) is 0 Å². The number of rotatable bonds is 11. The smallest absolute Gasteiger partial charge is 0.331 e. The summed E-state index contributed by atoms with van der Waals surface area (Å²) in [5.41, 5.74) is -0.791. The van der Waals surface area contributed by atoms with E-state index in [0.717, 1.165) is 31.3 Å². The Kier molecular flexibility index (Phi) is 9.66. The van der Waals surface area contributed by atoms with Crippen LogP contribution in [-0.2, 0) is 9.53 Å². The van der Waals surface area contributed by atoms with Crippen LogP contribution in [0.25, 0.3) is 0 Å². The molecule has 0 radical (unpaired) electrons. The molecule has 0 aliphatic carbocycles. The van der Waals surface area contributed by atoms with Crippen molar-refractivity contribution in [2.45, 2.75) is 104 Å². The van der Waals surface area contributed by atoms with E-state index < -0.39 is 11.2 Å². The summed E-state index contributed by atoms with van der Waals surface area (Å²) in [5.74, 6) is -0.326. The molecular formula is C19H36O3. The number of hydrogen-bond acceptors (Lipinski definition) is 3. The van der Waals surface area contributed by atoms with E-state index in [0.29, 0.717) is 25.7 Å². The summed E-state index contributed by atoms with van der Waals surface area (Å²) in [6, 6.07) is 0. The van der Waals surface area contributed by atoms with E-state index in [4.69, 9.17) is 4.74 Å². The van der Waals surface area contributed by atoms with E-state index in [-0.39, 0.29) is 5.97 Å². The highest BCUT2D eigenvalue weighted by Crippen LogP contribution is 2.42. The fourth-order valence-electron chi connectivity index (χ4n) is 3.46. The van der Waals surface area contributed by atoms with Gasteiger partial charge in [0, 0.05) is 6.08 Å². The Hall–Kier alpha value is -0.830. The van der Waals surface area contributed by atoms with Gasteiger partial charge < -0.3 is 9.84 Å². The summed E-state index contributed by atoms with van der Waals surface area (Å²) < 4.78 is 5.93. The van der Waals surface area contributed by atoms with Gasteiger partial charge in [-0.15, -0.1) is 0 Å². The first kappa shape index (κ1) is 21.2. The van der Waals surface area contributed by atoms with Crippen LogP contribution in [0.2, 0.25) is 0 Å². The minimum absolute atomic E-state index is 0.326. The van der Waals surface area contributed by atoms with E-state index in [9.17, 15) is 9.90 Å². The van der Waals surface area contributed by atoms with Crippen molar-refractivity contribution in [3.63, 3.8) is 0 Å². The molecule has 0 saturated carbocycles. The number of carbonyl (C=O) groups is 1. The zero-order valence-corrected chi connectivity index (χ0v) is 15.5. The molecule has 0 heterocycles. The van der Waals surface area contributed by atoms with Gasteiger partial charge in [-0.25, -0.2) is 4.79 Å². The van der Waals surface area contributed by atoms with Gasteiger partial charge in [-0.2, -0.15) is 0 Å². The lowest BCUT2D eigenvalue weighted by Crippen LogP contribution is -2.56. The average molecular weight is 312 g/mol. The molecule has 0 aromatic carbocycles. The first-order valence-electron chi connectivity index (χ1n) is 8.91. The Morgan fingerprint density at radius 2 is 1.32 bits per heavy atom. The summed E-state index contributed by atoms with van der Waals surface area (Å²) in [7, 11) is 0. The molecule has 3 nitrogen and oxygen atoms in total. The first-order chi connectivity index (χ1) is 10.3. The maximum Gasteiger partial charge on any atom is 0.331 e. The zero-order valence-electron chi connectivity index (χ0n) is 15.5. The molecule has 0 aromatic heterocycles. The molecule has 0 bridgehead atoms. The predicted molar refractivity (Wildman–Crippen MR) is 92.8 cm³/mol. The first-order valence-corrected chi connectivity index (χ1v) is 8.91. The van der Waals surface area contributed by atoms with Crippen LogP contribution in [-0.4, -0.2) is 22.3 Å². The third-order valence-electron chi connectivity index (χ3n) is 4.19. The number of hydrogen-bond donors (Lipinski definition) is 1. The largest absolute Gasteiger partial charge is 0.453 e. The molecule has 0 saturated heterocycles. The number of allylic oxidation sites excluding steroid dienone is 1. The number of carbonyl (C=O) groups excluding carboxylic acids is 1. The van der Waals surface area contributed by atoms with Crippen molar-refractivity contribution in [2.75, 3.05) is 0 Å². The Morgan fingerprint density at radius 3 is 1.64 bits per heavy atom. The third-order valence-corrected chi connectivity index (χ3v) is 4.19. The van der Waals surface area contributed by atoms with Crippen molar-refractivity contribution in [3.05, 3.63) is 11.6 Å². The fraction of sp³-hybridized carbons (Fsp3) is 0.842. The number of aliphatic hydroxyl groups is 1. The normalized spacial score (nSPS) is 12.1. The van der Waals surface area contributed by atoms with Crippen LogP contribution >= 0.6 is 0 Å². The van der Waals surface area contributed by atoms with Crippen LogP contribution in [0.1, 0.15) is 92.9 Å². The second kappa shape index (κ2) is 10.0. The topological polar surface area (TPSA) is 46.5 Å². The highest BCUT2D eigenvalue weighted by molar-refractivity contribution is 5.83. The van der Waals surface area contributed by atoms with Crippen LogP contribution < -0.4 is 0 Å². The number of ether oxygens (including phenoxy) is 1. The molecule has 1 N–H and O–H groups in total. The van der Waals surface area contributed by atoms with Crippen molar-refractivity contribution in [1.29, 1.82) is 0 Å². The molecule has 0 rings (SSSR count). The molecule has 0 spiro atoms. The summed E-state index contributed by atoms with van der Waals surface area (Å²) >= 11 is 0. The maximum absolute atomic E-state index is 12.3. The lowest BCUT2D eigenvalue weighted by molar-refractivity contribution is -0.202. The lowest BCUT2D eigenvalue weighted by Gasteiger charge is -2.47.